The van der Waals surface area contributed by atoms with Gasteiger partial charge < -0.3 is 10.4 Å². The highest BCUT2D eigenvalue weighted by Gasteiger charge is 2.13. The van der Waals surface area contributed by atoms with Crippen molar-refractivity contribution in [1.82, 2.24) is 0 Å². The maximum Gasteiger partial charge on any atom is 0.345 e. The number of nitrogens with one attached hydrogen (secondary N) is 1. The highest BCUT2D eigenvalue weighted by Crippen LogP contribution is 2.20. The van der Waals surface area contributed by atoms with E-state index < -0.39 is 5.97 Å². The van der Waals surface area contributed by atoms with E-state index in [4.69, 9.17) is 5.11 Å². The van der Waals surface area contributed by atoms with E-state index in [1.807, 2.05) is 31.2 Å². The monoisotopic (exact) mass is 275 g/mol. The van der Waals surface area contributed by atoms with Crippen molar-refractivity contribution >= 4 is 28.9 Å². The Labute approximate surface area is 114 Å². The first-order chi connectivity index (χ1) is 9.11. The zero-order valence-corrected chi connectivity index (χ0v) is 11.2. The van der Waals surface area contributed by atoms with Crippen LogP contribution in [0.2, 0.25) is 0 Å². The molecule has 19 heavy (non-hydrogen) atoms. The Morgan fingerprint density at radius 1 is 1.16 bits per heavy atom. The molecule has 0 aliphatic rings. The Bertz CT molecular complexity index is 619. The van der Waals surface area contributed by atoms with E-state index in [2.05, 4.69) is 5.32 Å². The van der Waals surface area contributed by atoms with Crippen molar-refractivity contribution in [2.24, 2.45) is 0 Å². The van der Waals surface area contributed by atoms with Gasteiger partial charge in [-0.2, -0.15) is 0 Å². The van der Waals surface area contributed by atoms with Crippen LogP contribution in [0.1, 0.15) is 31.8 Å². The molecule has 2 rings (SSSR count). The molecule has 2 aromatic rings. The first kappa shape index (κ1) is 13.3. The van der Waals surface area contributed by atoms with Crippen molar-refractivity contribution < 1.29 is 14.7 Å². The van der Waals surface area contributed by atoms with E-state index in [0.717, 1.165) is 29.0 Å². The lowest BCUT2D eigenvalue weighted by Crippen LogP contribution is -2.11. The molecule has 2 N–H and O–H groups in total. The van der Waals surface area contributed by atoms with Gasteiger partial charge in [0.2, 0.25) is 0 Å². The molecule has 5 heteroatoms. The van der Waals surface area contributed by atoms with Crippen molar-refractivity contribution in [3.63, 3.8) is 0 Å². The van der Waals surface area contributed by atoms with Crippen LogP contribution < -0.4 is 5.32 Å². The van der Waals surface area contributed by atoms with Gasteiger partial charge in [0.15, 0.2) is 0 Å². The minimum atomic E-state index is -1.02. The van der Waals surface area contributed by atoms with Crippen LogP contribution in [0.3, 0.4) is 0 Å². The van der Waals surface area contributed by atoms with Crippen LogP contribution in [-0.4, -0.2) is 17.0 Å². The number of carbonyl (C=O) groups is 2. The van der Waals surface area contributed by atoms with E-state index >= 15 is 0 Å². The molecule has 1 heterocycles. The molecule has 1 amide bonds. The van der Waals surface area contributed by atoms with Gasteiger partial charge in [0, 0.05) is 5.69 Å². The molecule has 0 saturated carbocycles. The van der Waals surface area contributed by atoms with E-state index in [-0.39, 0.29) is 10.8 Å². The van der Waals surface area contributed by atoms with Gasteiger partial charge in [0.05, 0.1) is 4.88 Å². The van der Waals surface area contributed by atoms with Crippen LogP contribution in [0.25, 0.3) is 0 Å². The van der Waals surface area contributed by atoms with Gasteiger partial charge in [-0.25, -0.2) is 4.79 Å². The lowest BCUT2D eigenvalue weighted by atomic mass is 10.1. The van der Waals surface area contributed by atoms with Gasteiger partial charge in [-0.15, -0.1) is 11.3 Å². The number of hydrogen-bond donors (Lipinski definition) is 2. The number of carboxylic acid groups (broad SMARTS) is 1. The molecule has 0 atom stereocenters. The smallest absolute Gasteiger partial charge is 0.345 e. The van der Waals surface area contributed by atoms with E-state index in [1.165, 1.54) is 12.1 Å². The Balaban J connectivity index is 2.18. The molecule has 0 bridgehead atoms. The summed E-state index contributed by atoms with van der Waals surface area (Å²) < 4.78 is 0. The van der Waals surface area contributed by atoms with Gasteiger partial charge >= 0.3 is 5.97 Å². The lowest BCUT2D eigenvalue weighted by molar-refractivity contribution is 0.0702. The number of hydrogen-bond acceptors (Lipinski definition) is 3. The molecule has 1 aromatic heterocycles. The third-order valence-corrected chi connectivity index (χ3v) is 3.76. The standard InChI is InChI=1S/C14H13NO3S/c1-2-9-5-3-4-6-10(9)15-13(16)11-7-8-12(19-11)14(17)18/h3-8H,2H2,1H3,(H,15,16)(H,17,18). The van der Waals surface area contributed by atoms with Crippen LogP contribution in [-0.2, 0) is 6.42 Å². The van der Waals surface area contributed by atoms with Crippen molar-refractivity contribution in [2.45, 2.75) is 13.3 Å². The van der Waals surface area contributed by atoms with Gasteiger partial charge in [-0.05, 0) is 30.2 Å². The molecule has 0 radical (unpaired) electrons. The molecule has 0 aliphatic carbocycles. The molecule has 98 valence electrons. The quantitative estimate of drug-likeness (QED) is 0.900. The Morgan fingerprint density at radius 3 is 2.47 bits per heavy atom. The minimum absolute atomic E-state index is 0.161. The number of anilines is 1. The number of aromatic carboxylic acids is 1. The molecular formula is C14H13NO3S. The second kappa shape index (κ2) is 5.67. The summed E-state index contributed by atoms with van der Waals surface area (Å²) in [6.07, 6.45) is 0.821. The Morgan fingerprint density at radius 2 is 1.84 bits per heavy atom. The van der Waals surface area contributed by atoms with E-state index in [1.54, 1.807) is 0 Å². The SMILES string of the molecule is CCc1ccccc1NC(=O)c1ccc(C(=O)O)s1. The number of aryl methyl sites for hydroxylation is 1. The van der Waals surface area contributed by atoms with Crippen LogP contribution in [0.15, 0.2) is 36.4 Å². The van der Waals surface area contributed by atoms with E-state index in [9.17, 15) is 9.59 Å². The largest absolute Gasteiger partial charge is 0.477 e. The van der Waals surface area contributed by atoms with Crippen molar-refractivity contribution in [3.05, 3.63) is 51.7 Å². The first-order valence-electron chi connectivity index (χ1n) is 5.84. The molecular weight excluding hydrogens is 262 g/mol. The predicted molar refractivity (Wildman–Crippen MR) is 75.1 cm³/mol. The summed E-state index contributed by atoms with van der Waals surface area (Å²) in [4.78, 5) is 23.4. The zero-order valence-electron chi connectivity index (χ0n) is 10.3. The second-order valence-corrected chi connectivity index (χ2v) is 5.02. The lowest BCUT2D eigenvalue weighted by Gasteiger charge is -2.08. The summed E-state index contributed by atoms with van der Waals surface area (Å²) in [5, 5.41) is 11.6. The fraction of sp³-hybridized carbons (Fsp3) is 0.143. The van der Waals surface area contributed by atoms with Crippen LogP contribution in [0.4, 0.5) is 5.69 Å². The number of carbonyl (C=O) groups excluding carboxylic acids is 1. The number of thiophene rings is 1. The number of carboxylic acids is 1. The summed E-state index contributed by atoms with van der Waals surface area (Å²) in [6, 6.07) is 10.5. The van der Waals surface area contributed by atoms with Crippen molar-refractivity contribution in [2.75, 3.05) is 5.32 Å². The molecule has 0 unspecified atom stereocenters. The fourth-order valence-corrected chi connectivity index (χ4v) is 2.45. The van der Waals surface area contributed by atoms with E-state index in [0.29, 0.717) is 4.88 Å². The van der Waals surface area contributed by atoms with Crippen LogP contribution in [0.5, 0.6) is 0 Å². The van der Waals surface area contributed by atoms with Gasteiger partial charge in [-0.3, -0.25) is 4.79 Å². The van der Waals surface area contributed by atoms with Crippen LogP contribution in [0, 0.1) is 0 Å². The molecule has 4 nitrogen and oxygen atoms in total. The summed E-state index contributed by atoms with van der Waals surface area (Å²) >= 11 is 0.970. The van der Waals surface area contributed by atoms with Crippen LogP contribution >= 0.6 is 11.3 Å². The van der Waals surface area contributed by atoms with Crippen molar-refractivity contribution in [3.8, 4) is 0 Å². The van der Waals surface area contributed by atoms with Gasteiger partial charge in [0.1, 0.15) is 4.88 Å². The fourth-order valence-electron chi connectivity index (χ4n) is 1.71. The number of rotatable bonds is 4. The topological polar surface area (TPSA) is 66.4 Å². The maximum atomic E-state index is 12.0. The van der Waals surface area contributed by atoms with Crippen molar-refractivity contribution in [1.29, 1.82) is 0 Å². The molecule has 0 aliphatic heterocycles. The molecule has 1 aromatic carbocycles. The number of para-hydroxylation sites is 1. The predicted octanol–water partition coefficient (Wildman–Crippen LogP) is 3.26. The number of amides is 1. The normalized spacial score (nSPS) is 10.2. The highest BCUT2D eigenvalue weighted by atomic mass is 32.1. The maximum absolute atomic E-state index is 12.0. The van der Waals surface area contributed by atoms with Gasteiger partial charge in [-0.1, -0.05) is 25.1 Å². The summed E-state index contributed by atoms with van der Waals surface area (Å²) in [6.45, 7) is 2.01. The third kappa shape index (κ3) is 3.00. The third-order valence-electron chi connectivity index (χ3n) is 2.69. The first-order valence-corrected chi connectivity index (χ1v) is 6.66. The second-order valence-electron chi connectivity index (χ2n) is 3.93. The number of benzene rings is 1. The zero-order chi connectivity index (χ0) is 13.8. The molecule has 0 spiro atoms. The Hall–Kier alpha value is -2.14. The summed E-state index contributed by atoms with van der Waals surface area (Å²) in [7, 11) is 0. The van der Waals surface area contributed by atoms with Gasteiger partial charge in [0.25, 0.3) is 5.91 Å². The summed E-state index contributed by atoms with van der Waals surface area (Å²) in [5.41, 5.74) is 1.81. The Kier molecular flexibility index (Phi) is 3.97. The molecule has 0 saturated heterocycles. The molecule has 0 fully saturated rings. The average Bonchev–Trinajstić information content (AvgIpc) is 2.89. The minimum Gasteiger partial charge on any atom is -0.477 e. The summed E-state index contributed by atoms with van der Waals surface area (Å²) in [5.74, 6) is -1.29. The average molecular weight is 275 g/mol. The highest BCUT2D eigenvalue weighted by molar-refractivity contribution is 7.15.